The molecule has 0 heterocycles. The van der Waals surface area contributed by atoms with Crippen molar-refractivity contribution >= 4 is 6.08 Å². The molecule has 15 heavy (non-hydrogen) atoms. The third kappa shape index (κ3) is 5.38. The summed E-state index contributed by atoms with van der Waals surface area (Å²) in [5, 5.41) is 11.4. The number of benzene rings is 1. The Bertz CT molecular complexity index is 277. The van der Waals surface area contributed by atoms with Crippen molar-refractivity contribution in [3.8, 4) is 0 Å². The Balaban J connectivity index is 2.27. The molecule has 1 nitrogen and oxygen atoms in total. The maximum absolute atomic E-state index is 11.4. The van der Waals surface area contributed by atoms with E-state index in [2.05, 4.69) is 6.92 Å². The van der Waals surface area contributed by atoms with Crippen LogP contribution in [0.15, 0.2) is 36.4 Å². The van der Waals surface area contributed by atoms with Gasteiger partial charge >= 0.3 is 0 Å². The van der Waals surface area contributed by atoms with Crippen molar-refractivity contribution in [3.05, 3.63) is 42.0 Å². The van der Waals surface area contributed by atoms with Crippen molar-refractivity contribution in [1.82, 2.24) is 0 Å². The van der Waals surface area contributed by atoms with Crippen molar-refractivity contribution in [2.45, 2.75) is 38.7 Å². The lowest BCUT2D eigenvalue weighted by molar-refractivity contribution is 0.0820. The summed E-state index contributed by atoms with van der Waals surface area (Å²) < 4.78 is 0. The van der Waals surface area contributed by atoms with Crippen LogP contribution < -0.4 is 0 Å². The van der Waals surface area contributed by atoms with E-state index in [1.807, 2.05) is 42.5 Å². The second kappa shape index (κ2) is 7.24. The number of hydrogen-bond acceptors (Lipinski definition) is 0. The zero-order valence-electron chi connectivity index (χ0n) is 9.36. The molecule has 1 aromatic rings. The molecule has 0 aromatic heterocycles. The van der Waals surface area contributed by atoms with E-state index >= 15 is 0 Å². The minimum Gasteiger partial charge on any atom is -0.233 e. The van der Waals surface area contributed by atoms with Gasteiger partial charge in [0.2, 0.25) is 0 Å². The molecule has 0 fully saturated rings. The van der Waals surface area contributed by atoms with Crippen molar-refractivity contribution < 1.29 is 5.11 Å². The Morgan fingerprint density at radius 1 is 1.27 bits per heavy atom. The number of hydrogen-bond donors (Lipinski definition) is 0. The largest absolute Gasteiger partial charge is 0.233 e. The van der Waals surface area contributed by atoms with Gasteiger partial charge in [-0.15, -0.1) is 0 Å². The molecule has 0 aliphatic rings. The highest BCUT2D eigenvalue weighted by molar-refractivity contribution is 5.48. The average molecular weight is 203 g/mol. The lowest BCUT2D eigenvalue weighted by Gasteiger charge is -2.02. The summed E-state index contributed by atoms with van der Waals surface area (Å²) in [6.07, 6.45) is 7.20. The fourth-order valence-corrected chi connectivity index (χ4v) is 1.47. The predicted molar refractivity (Wildman–Crippen MR) is 64.1 cm³/mol. The van der Waals surface area contributed by atoms with Crippen LogP contribution in [0.5, 0.6) is 0 Å². The zero-order chi connectivity index (χ0) is 10.9. The van der Waals surface area contributed by atoms with Gasteiger partial charge in [-0.25, -0.2) is 5.11 Å². The van der Waals surface area contributed by atoms with Gasteiger partial charge in [0, 0.05) is 0 Å². The van der Waals surface area contributed by atoms with E-state index in [0.29, 0.717) is 6.42 Å². The van der Waals surface area contributed by atoms with Crippen LogP contribution in [0.4, 0.5) is 0 Å². The molecule has 1 unspecified atom stereocenters. The summed E-state index contributed by atoms with van der Waals surface area (Å²) in [6.45, 7) is 2.12. The van der Waals surface area contributed by atoms with E-state index in [1.165, 1.54) is 5.56 Å². The summed E-state index contributed by atoms with van der Waals surface area (Å²) in [5.41, 5.74) is 1.17. The molecule has 1 heteroatoms. The molecule has 1 atom stereocenters. The Labute approximate surface area is 92.5 Å². The van der Waals surface area contributed by atoms with Gasteiger partial charge in [-0.2, -0.15) is 0 Å². The maximum Gasteiger partial charge on any atom is 0.0964 e. The normalized spacial score (nSPS) is 13.2. The molecule has 1 aromatic carbocycles. The van der Waals surface area contributed by atoms with E-state index in [-0.39, 0.29) is 0 Å². The van der Waals surface area contributed by atoms with Crippen LogP contribution in [0.1, 0.15) is 38.2 Å². The minimum atomic E-state index is -0.426. The first-order valence-corrected chi connectivity index (χ1v) is 5.70. The highest BCUT2D eigenvalue weighted by Gasteiger charge is 2.01. The lowest BCUT2D eigenvalue weighted by atomic mass is 10.1. The molecule has 0 saturated heterocycles. The Hall–Kier alpha value is -1.08. The molecule has 0 bridgehead atoms. The first kappa shape index (κ1) is 12.0. The molecule has 81 valence electrons. The SMILES string of the molecule is CCCCC([O])CC=Cc1ccccc1. The van der Waals surface area contributed by atoms with Crippen LogP contribution in [0.25, 0.3) is 6.08 Å². The maximum atomic E-state index is 11.4. The van der Waals surface area contributed by atoms with Crippen molar-refractivity contribution in [1.29, 1.82) is 0 Å². The monoisotopic (exact) mass is 203 g/mol. The third-order valence-electron chi connectivity index (χ3n) is 2.39. The molecule has 1 radical (unpaired) electrons. The van der Waals surface area contributed by atoms with Crippen LogP contribution in [0, 0.1) is 0 Å². The van der Waals surface area contributed by atoms with Gasteiger partial charge in [0.05, 0.1) is 6.10 Å². The lowest BCUT2D eigenvalue weighted by Crippen LogP contribution is -2.01. The predicted octanol–water partition coefficient (Wildman–Crippen LogP) is 4.08. The second-order valence-electron chi connectivity index (χ2n) is 3.81. The van der Waals surface area contributed by atoms with Crippen molar-refractivity contribution in [2.24, 2.45) is 0 Å². The Morgan fingerprint density at radius 2 is 2.00 bits per heavy atom. The summed E-state index contributed by atoms with van der Waals surface area (Å²) in [5.74, 6) is 0. The van der Waals surface area contributed by atoms with Crippen LogP contribution in [0.3, 0.4) is 0 Å². The fourth-order valence-electron chi connectivity index (χ4n) is 1.47. The molecule has 0 aliphatic heterocycles. The van der Waals surface area contributed by atoms with E-state index in [1.54, 1.807) is 0 Å². The zero-order valence-corrected chi connectivity index (χ0v) is 9.36. The van der Waals surface area contributed by atoms with Crippen molar-refractivity contribution in [2.75, 3.05) is 0 Å². The topological polar surface area (TPSA) is 19.9 Å². The molecular formula is C14H19O. The second-order valence-corrected chi connectivity index (χ2v) is 3.81. The van der Waals surface area contributed by atoms with Gasteiger partial charge in [-0.3, -0.25) is 0 Å². The highest BCUT2D eigenvalue weighted by Crippen LogP contribution is 2.08. The van der Waals surface area contributed by atoms with Crippen LogP contribution in [-0.2, 0) is 5.11 Å². The first-order valence-electron chi connectivity index (χ1n) is 5.70. The Kier molecular flexibility index (Phi) is 5.79. The summed E-state index contributed by atoms with van der Waals surface area (Å²) in [6, 6.07) is 10.1. The van der Waals surface area contributed by atoms with E-state index in [0.717, 1.165) is 19.3 Å². The first-order chi connectivity index (χ1) is 7.33. The van der Waals surface area contributed by atoms with Crippen LogP contribution in [-0.4, -0.2) is 6.10 Å². The molecule has 0 N–H and O–H groups in total. The van der Waals surface area contributed by atoms with Gasteiger partial charge in [0.1, 0.15) is 0 Å². The van der Waals surface area contributed by atoms with E-state index in [9.17, 15) is 5.11 Å². The van der Waals surface area contributed by atoms with Gasteiger partial charge in [-0.05, 0) is 18.4 Å². The number of unbranched alkanes of at least 4 members (excludes halogenated alkanes) is 1. The van der Waals surface area contributed by atoms with Crippen LogP contribution in [0.2, 0.25) is 0 Å². The van der Waals surface area contributed by atoms with Crippen molar-refractivity contribution in [3.63, 3.8) is 0 Å². The molecule has 0 amide bonds. The van der Waals surface area contributed by atoms with Gasteiger partial charge in [0.25, 0.3) is 0 Å². The number of rotatable bonds is 6. The molecule has 0 spiro atoms. The molecule has 0 aliphatic carbocycles. The fraction of sp³-hybridized carbons (Fsp3) is 0.429. The van der Waals surface area contributed by atoms with Gasteiger partial charge in [-0.1, -0.05) is 62.2 Å². The Morgan fingerprint density at radius 3 is 2.67 bits per heavy atom. The third-order valence-corrected chi connectivity index (χ3v) is 2.39. The minimum absolute atomic E-state index is 0.426. The van der Waals surface area contributed by atoms with Gasteiger partial charge < -0.3 is 0 Å². The van der Waals surface area contributed by atoms with E-state index < -0.39 is 6.10 Å². The van der Waals surface area contributed by atoms with Gasteiger partial charge in [0.15, 0.2) is 0 Å². The quantitative estimate of drug-likeness (QED) is 0.664. The summed E-state index contributed by atoms with van der Waals surface area (Å²) in [7, 11) is 0. The summed E-state index contributed by atoms with van der Waals surface area (Å²) >= 11 is 0. The molecular weight excluding hydrogens is 184 g/mol. The smallest absolute Gasteiger partial charge is 0.0964 e. The molecule has 1 rings (SSSR count). The van der Waals surface area contributed by atoms with Crippen LogP contribution >= 0.6 is 0 Å². The van der Waals surface area contributed by atoms with E-state index in [4.69, 9.17) is 0 Å². The average Bonchev–Trinajstić information content (AvgIpc) is 2.28. The molecule has 0 saturated carbocycles. The standard InChI is InChI=1S/C14H19O/c1-2-3-11-14(15)12-7-10-13-8-5-4-6-9-13/h4-10,14H,2-3,11-12H2,1H3. The highest BCUT2D eigenvalue weighted by atomic mass is 16.3. The summed E-state index contributed by atoms with van der Waals surface area (Å²) in [4.78, 5) is 0.